The first-order valence-corrected chi connectivity index (χ1v) is 10.8. The third-order valence-corrected chi connectivity index (χ3v) is 5.95. The van der Waals surface area contributed by atoms with Crippen molar-refractivity contribution >= 4 is 34.0 Å². The zero-order chi connectivity index (χ0) is 21.1. The molecule has 0 spiro atoms. The number of carboxylic acids is 1. The Morgan fingerprint density at radius 3 is 2.60 bits per heavy atom. The van der Waals surface area contributed by atoms with Gasteiger partial charge in [-0.2, -0.15) is 5.10 Å². The number of carbonyl (C=O) groups excluding carboxylic acids is 1. The van der Waals surface area contributed by atoms with Crippen molar-refractivity contribution in [3.63, 3.8) is 0 Å². The van der Waals surface area contributed by atoms with Crippen molar-refractivity contribution in [2.75, 3.05) is 23.3 Å². The van der Waals surface area contributed by atoms with Crippen LogP contribution in [0.1, 0.15) is 51.5 Å². The first kappa shape index (κ1) is 20.1. The fraction of sp³-hybridized carbons (Fsp3) is 0.333. The number of carbonyl (C=O) groups is 2. The van der Waals surface area contributed by atoms with Crippen LogP contribution in [0.4, 0.5) is 10.8 Å². The predicted octanol–water partition coefficient (Wildman–Crippen LogP) is 3.64. The van der Waals surface area contributed by atoms with Crippen LogP contribution in [-0.2, 0) is 6.54 Å². The van der Waals surface area contributed by atoms with Crippen LogP contribution < -0.4 is 10.2 Å². The molecule has 9 heteroatoms. The lowest BCUT2D eigenvalue weighted by Crippen LogP contribution is -2.29. The van der Waals surface area contributed by atoms with Crippen LogP contribution in [0.25, 0.3) is 0 Å². The minimum Gasteiger partial charge on any atom is -0.478 e. The van der Waals surface area contributed by atoms with Gasteiger partial charge < -0.3 is 15.3 Å². The number of benzene rings is 1. The van der Waals surface area contributed by atoms with E-state index in [-0.39, 0.29) is 11.5 Å². The third kappa shape index (κ3) is 4.51. The first-order valence-electron chi connectivity index (χ1n) is 9.88. The van der Waals surface area contributed by atoms with Gasteiger partial charge in [0.15, 0.2) is 5.13 Å². The molecule has 1 fully saturated rings. The maximum atomic E-state index is 12.8. The summed E-state index contributed by atoms with van der Waals surface area (Å²) < 4.78 is 1.66. The largest absolute Gasteiger partial charge is 0.478 e. The van der Waals surface area contributed by atoms with Crippen LogP contribution in [0.2, 0.25) is 0 Å². The molecule has 0 radical (unpaired) electrons. The van der Waals surface area contributed by atoms with E-state index in [4.69, 9.17) is 10.1 Å². The van der Waals surface area contributed by atoms with E-state index in [0.717, 1.165) is 29.6 Å². The second-order valence-corrected chi connectivity index (χ2v) is 8.17. The molecule has 4 rings (SSSR count). The molecule has 1 aliphatic rings. The standard InChI is InChI=1S/C21H23N5O3S/c1-14-11-18(19(27)22-16-7-5-15(6-8-16)20(28)29)26(24-14)12-17-13-30-21(23-17)25-9-3-2-4-10-25/h5-8,11,13H,2-4,9-10,12H2,1H3,(H,22,27)(H,28,29). The maximum Gasteiger partial charge on any atom is 0.335 e. The minimum absolute atomic E-state index is 0.168. The molecule has 8 nitrogen and oxygen atoms in total. The summed E-state index contributed by atoms with van der Waals surface area (Å²) in [6.07, 6.45) is 3.68. The molecule has 0 unspecified atom stereocenters. The number of anilines is 2. The lowest BCUT2D eigenvalue weighted by Gasteiger charge is -2.25. The van der Waals surface area contributed by atoms with Gasteiger partial charge in [-0.1, -0.05) is 0 Å². The number of amides is 1. The Morgan fingerprint density at radius 1 is 1.17 bits per heavy atom. The molecule has 156 valence electrons. The van der Waals surface area contributed by atoms with Gasteiger partial charge in [-0.3, -0.25) is 9.48 Å². The topological polar surface area (TPSA) is 100 Å². The van der Waals surface area contributed by atoms with Crippen molar-refractivity contribution in [2.24, 2.45) is 0 Å². The number of aromatic nitrogens is 3. The van der Waals surface area contributed by atoms with Gasteiger partial charge in [0.25, 0.3) is 5.91 Å². The van der Waals surface area contributed by atoms with Crippen LogP contribution in [0.15, 0.2) is 35.7 Å². The van der Waals surface area contributed by atoms with Crippen molar-refractivity contribution in [2.45, 2.75) is 32.7 Å². The van der Waals surface area contributed by atoms with Crippen LogP contribution >= 0.6 is 11.3 Å². The van der Waals surface area contributed by atoms with E-state index in [1.54, 1.807) is 34.2 Å². The molecular weight excluding hydrogens is 402 g/mol. The van der Waals surface area contributed by atoms with Gasteiger partial charge in [0.1, 0.15) is 5.69 Å². The summed E-state index contributed by atoms with van der Waals surface area (Å²) in [5.41, 5.74) is 2.75. The normalized spacial score (nSPS) is 14.0. The van der Waals surface area contributed by atoms with Gasteiger partial charge in [0.2, 0.25) is 0 Å². The number of hydrogen-bond acceptors (Lipinski definition) is 6. The summed E-state index contributed by atoms with van der Waals surface area (Å²) in [5, 5.41) is 19.3. The molecule has 0 bridgehead atoms. The predicted molar refractivity (Wildman–Crippen MR) is 116 cm³/mol. The van der Waals surface area contributed by atoms with E-state index in [1.807, 2.05) is 12.3 Å². The molecule has 3 heterocycles. The number of piperidine rings is 1. The van der Waals surface area contributed by atoms with Crippen molar-refractivity contribution in [3.05, 3.63) is 58.4 Å². The molecule has 0 aliphatic carbocycles. The molecular formula is C21H23N5O3S. The van der Waals surface area contributed by atoms with E-state index in [1.165, 1.54) is 31.4 Å². The zero-order valence-corrected chi connectivity index (χ0v) is 17.5. The van der Waals surface area contributed by atoms with Crippen molar-refractivity contribution in [3.8, 4) is 0 Å². The fourth-order valence-corrected chi connectivity index (χ4v) is 4.36. The molecule has 2 aromatic heterocycles. The van der Waals surface area contributed by atoms with Crippen molar-refractivity contribution < 1.29 is 14.7 Å². The Balaban J connectivity index is 1.47. The second-order valence-electron chi connectivity index (χ2n) is 7.33. The number of rotatable bonds is 6. The molecule has 1 amide bonds. The highest BCUT2D eigenvalue weighted by atomic mass is 32.1. The molecule has 1 aromatic carbocycles. The Kier molecular flexibility index (Phi) is 5.80. The third-order valence-electron chi connectivity index (χ3n) is 5.00. The van der Waals surface area contributed by atoms with Crippen LogP contribution in [0.5, 0.6) is 0 Å². The number of thiazole rings is 1. The number of nitrogens with one attached hydrogen (secondary N) is 1. The lowest BCUT2D eigenvalue weighted by atomic mass is 10.1. The summed E-state index contributed by atoms with van der Waals surface area (Å²) in [6.45, 7) is 4.35. The first-order chi connectivity index (χ1) is 14.5. The molecule has 0 atom stereocenters. The zero-order valence-electron chi connectivity index (χ0n) is 16.7. The molecule has 2 N–H and O–H groups in total. The highest BCUT2D eigenvalue weighted by molar-refractivity contribution is 7.13. The number of aromatic carboxylic acids is 1. The van der Waals surface area contributed by atoms with Crippen LogP contribution in [0, 0.1) is 6.92 Å². The summed E-state index contributed by atoms with van der Waals surface area (Å²) in [7, 11) is 0. The Bertz CT molecular complexity index is 1050. The molecule has 1 saturated heterocycles. The van der Waals surface area contributed by atoms with Gasteiger partial charge in [0.05, 0.1) is 23.5 Å². The number of carboxylic acid groups (broad SMARTS) is 1. The van der Waals surface area contributed by atoms with Gasteiger partial charge >= 0.3 is 5.97 Å². The van der Waals surface area contributed by atoms with E-state index in [9.17, 15) is 9.59 Å². The molecule has 1 aliphatic heterocycles. The molecule has 3 aromatic rings. The lowest BCUT2D eigenvalue weighted by molar-refractivity contribution is 0.0696. The molecule has 30 heavy (non-hydrogen) atoms. The Morgan fingerprint density at radius 2 is 1.90 bits per heavy atom. The summed E-state index contributed by atoms with van der Waals surface area (Å²) in [4.78, 5) is 30.8. The van der Waals surface area contributed by atoms with E-state index in [2.05, 4.69) is 15.3 Å². The Hall–Kier alpha value is -3.20. The monoisotopic (exact) mass is 425 g/mol. The average molecular weight is 426 g/mol. The van der Waals surface area contributed by atoms with Gasteiger partial charge in [-0.15, -0.1) is 11.3 Å². The minimum atomic E-state index is -1.01. The Labute approximate surface area is 178 Å². The van der Waals surface area contributed by atoms with E-state index < -0.39 is 5.97 Å². The summed E-state index contributed by atoms with van der Waals surface area (Å²) >= 11 is 1.63. The van der Waals surface area contributed by atoms with E-state index in [0.29, 0.717) is 17.9 Å². The maximum absolute atomic E-state index is 12.8. The van der Waals surface area contributed by atoms with Crippen LogP contribution in [-0.4, -0.2) is 44.8 Å². The molecule has 0 saturated carbocycles. The number of nitrogens with zero attached hydrogens (tertiary/aromatic N) is 4. The van der Waals surface area contributed by atoms with Gasteiger partial charge in [-0.25, -0.2) is 9.78 Å². The SMILES string of the molecule is Cc1cc(C(=O)Nc2ccc(C(=O)O)cc2)n(Cc2csc(N3CCCCC3)n2)n1. The van der Waals surface area contributed by atoms with Crippen LogP contribution in [0.3, 0.4) is 0 Å². The fourth-order valence-electron chi connectivity index (χ4n) is 3.49. The van der Waals surface area contributed by atoms with Crippen molar-refractivity contribution in [1.82, 2.24) is 14.8 Å². The average Bonchev–Trinajstić information content (AvgIpc) is 3.36. The van der Waals surface area contributed by atoms with Gasteiger partial charge in [-0.05, 0) is 56.5 Å². The highest BCUT2D eigenvalue weighted by Crippen LogP contribution is 2.24. The second kappa shape index (κ2) is 8.66. The highest BCUT2D eigenvalue weighted by Gasteiger charge is 2.18. The summed E-state index contributed by atoms with van der Waals surface area (Å²) in [6, 6.07) is 7.79. The van der Waals surface area contributed by atoms with E-state index >= 15 is 0 Å². The van der Waals surface area contributed by atoms with Crippen molar-refractivity contribution in [1.29, 1.82) is 0 Å². The number of aryl methyl sites for hydroxylation is 1. The summed E-state index contributed by atoms with van der Waals surface area (Å²) in [5.74, 6) is -1.31. The van der Waals surface area contributed by atoms with Gasteiger partial charge in [0, 0.05) is 24.2 Å². The number of hydrogen-bond donors (Lipinski definition) is 2. The smallest absolute Gasteiger partial charge is 0.335 e. The quantitative estimate of drug-likeness (QED) is 0.625.